The number of hydrazone groups is 1. The molecule has 0 saturated carbocycles. The van der Waals surface area contributed by atoms with Crippen LogP contribution < -0.4 is 4.90 Å². The Balaban J connectivity index is 1.63. The first-order valence-electron chi connectivity index (χ1n) is 9.80. The quantitative estimate of drug-likeness (QED) is 0.724. The van der Waals surface area contributed by atoms with Crippen LogP contribution in [0.15, 0.2) is 70.3 Å². The summed E-state index contributed by atoms with van der Waals surface area (Å²) in [5.74, 6) is -0.231. The summed E-state index contributed by atoms with van der Waals surface area (Å²) in [4.78, 5) is 18.9. The Morgan fingerprint density at radius 2 is 1.83 bits per heavy atom. The van der Waals surface area contributed by atoms with Gasteiger partial charge in [-0.2, -0.15) is 15.1 Å². The van der Waals surface area contributed by atoms with Gasteiger partial charge in [-0.1, -0.05) is 49.4 Å². The molecule has 0 fully saturated rings. The van der Waals surface area contributed by atoms with Crippen LogP contribution in [0, 0.1) is 5.41 Å². The maximum atomic E-state index is 12.6. The predicted octanol–water partition coefficient (Wildman–Crippen LogP) is 4.57. The summed E-state index contributed by atoms with van der Waals surface area (Å²) >= 11 is 1.37. The Labute approximate surface area is 180 Å². The van der Waals surface area contributed by atoms with Gasteiger partial charge in [-0.3, -0.25) is 10.2 Å². The van der Waals surface area contributed by atoms with E-state index in [2.05, 4.69) is 29.2 Å². The maximum Gasteiger partial charge on any atom is 0.283 e. The zero-order valence-corrected chi connectivity index (χ0v) is 18.0. The average molecular weight is 418 g/mol. The zero-order chi connectivity index (χ0) is 21.3. The molecule has 2 heterocycles. The molecule has 1 N–H and O–H groups in total. The van der Waals surface area contributed by atoms with Gasteiger partial charge in [0.1, 0.15) is 5.04 Å². The van der Waals surface area contributed by atoms with E-state index in [1.54, 1.807) is 6.08 Å². The highest BCUT2D eigenvalue weighted by Gasteiger charge is 2.37. The highest BCUT2D eigenvalue weighted by atomic mass is 32.2. The molecule has 1 amide bonds. The number of fused-ring (bicyclic) bond motifs is 1. The molecule has 0 bridgehead atoms. The van der Waals surface area contributed by atoms with Gasteiger partial charge in [-0.05, 0) is 47.5 Å². The van der Waals surface area contributed by atoms with Gasteiger partial charge in [-0.25, -0.2) is 0 Å². The summed E-state index contributed by atoms with van der Waals surface area (Å²) in [5, 5.41) is 16.0. The highest BCUT2D eigenvalue weighted by molar-refractivity contribution is 8.27. The lowest BCUT2D eigenvalue weighted by atomic mass is 9.98. The fourth-order valence-electron chi connectivity index (χ4n) is 3.42. The second kappa shape index (κ2) is 8.28. The van der Waals surface area contributed by atoms with E-state index >= 15 is 0 Å². The summed E-state index contributed by atoms with van der Waals surface area (Å²) in [7, 11) is 3.95. The molecule has 0 saturated heterocycles. The SMILES string of the molecule is CCC(C1=NN2C(=N)/C(=C\c3ccc(N(C)C)cc3)C(=O)N=C2S1)c1ccccc1. The summed E-state index contributed by atoms with van der Waals surface area (Å²) in [6, 6.07) is 18.0. The first kappa shape index (κ1) is 20.1. The fourth-order valence-corrected chi connectivity index (χ4v) is 4.52. The molecule has 2 aliphatic rings. The maximum absolute atomic E-state index is 12.6. The second-order valence-electron chi connectivity index (χ2n) is 7.32. The van der Waals surface area contributed by atoms with Crippen LogP contribution in [0.5, 0.6) is 0 Å². The smallest absolute Gasteiger partial charge is 0.283 e. The van der Waals surface area contributed by atoms with Gasteiger partial charge in [0.15, 0.2) is 5.84 Å². The number of amides is 1. The first-order valence-corrected chi connectivity index (χ1v) is 10.6. The minimum atomic E-state index is -0.403. The Morgan fingerprint density at radius 3 is 2.47 bits per heavy atom. The van der Waals surface area contributed by atoms with Crippen LogP contribution in [0.4, 0.5) is 5.69 Å². The molecule has 2 aromatic carbocycles. The van der Waals surface area contributed by atoms with Crippen LogP contribution in [0.3, 0.4) is 0 Å². The van der Waals surface area contributed by atoms with Crippen molar-refractivity contribution in [3.63, 3.8) is 0 Å². The van der Waals surface area contributed by atoms with Gasteiger partial charge in [0, 0.05) is 25.7 Å². The average Bonchev–Trinajstić information content (AvgIpc) is 3.16. The number of benzene rings is 2. The molecular formula is C23H23N5OS. The summed E-state index contributed by atoms with van der Waals surface area (Å²) in [6.45, 7) is 2.11. The molecule has 6 nitrogen and oxygen atoms in total. The number of nitrogens with one attached hydrogen (secondary N) is 1. The van der Waals surface area contributed by atoms with E-state index in [1.807, 2.05) is 61.5 Å². The molecule has 30 heavy (non-hydrogen) atoms. The minimum Gasteiger partial charge on any atom is -0.378 e. The minimum absolute atomic E-state index is 0.0621. The van der Waals surface area contributed by atoms with Crippen LogP contribution in [0.1, 0.15) is 30.4 Å². The molecule has 1 atom stereocenters. The highest BCUT2D eigenvalue weighted by Crippen LogP contribution is 2.35. The van der Waals surface area contributed by atoms with Crippen LogP contribution in [-0.2, 0) is 4.79 Å². The lowest BCUT2D eigenvalue weighted by molar-refractivity contribution is -0.114. The van der Waals surface area contributed by atoms with E-state index in [1.165, 1.54) is 22.3 Å². The molecular weight excluding hydrogens is 394 g/mol. The van der Waals surface area contributed by atoms with E-state index in [9.17, 15) is 4.79 Å². The van der Waals surface area contributed by atoms with Crippen LogP contribution >= 0.6 is 11.8 Å². The van der Waals surface area contributed by atoms with Crippen molar-refractivity contribution in [2.24, 2.45) is 10.1 Å². The number of anilines is 1. The van der Waals surface area contributed by atoms with E-state index in [0.717, 1.165) is 22.7 Å². The van der Waals surface area contributed by atoms with Crippen molar-refractivity contribution in [1.29, 1.82) is 5.41 Å². The van der Waals surface area contributed by atoms with Crippen molar-refractivity contribution in [3.05, 3.63) is 71.3 Å². The van der Waals surface area contributed by atoms with Gasteiger partial charge in [0.25, 0.3) is 5.91 Å². The van der Waals surface area contributed by atoms with E-state index in [0.29, 0.717) is 5.17 Å². The molecule has 0 radical (unpaired) electrons. The van der Waals surface area contributed by atoms with Crippen molar-refractivity contribution in [2.45, 2.75) is 19.3 Å². The van der Waals surface area contributed by atoms with Crippen LogP contribution in [0.2, 0.25) is 0 Å². The van der Waals surface area contributed by atoms with Crippen molar-refractivity contribution in [1.82, 2.24) is 5.01 Å². The first-order chi connectivity index (χ1) is 14.5. The Hall–Kier alpha value is -3.19. The van der Waals surface area contributed by atoms with E-state index in [4.69, 9.17) is 5.41 Å². The summed E-state index contributed by atoms with van der Waals surface area (Å²) in [5.41, 5.74) is 3.33. The standard InChI is InChI=1S/C23H23N5OS/c1-4-18(16-8-6-5-7-9-16)22-26-28-20(24)19(21(29)25-23(28)30-22)14-15-10-12-17(13-11-15)27(2)3/h5-14,18,24H,4H2,1-3H3/b19-14+,24-20?. The number of aliphatic imine (C=N–C) groups is 1. The van der Waals surface area contributed by atoms with Crippen molar-refractivity contribution >= 4 is 45.5 Å². The van der Waals surface area contributed by atoms with Gasteiger partial charge < -0.3 is 4.90 Å². The monoisotopic (exact) mass is 417 g/mol. The van der Waals surface area contributed by atoms with Gasteiger partial charge in [0.05, 0.1) is 5.57 Å². The van der Waals surface area contributed by atoms with Crippen molar-refractivity contribution < 1.29 is 4.79 Å². The molecule has 0 aromatic heterocycles. The van der Waals surface area contributed by atoms with Crippen molar-refractivity contribution in [3.8, 4) is 0 Å². The number of hydrogen-bond donors (Lipinski definition) is 1. The number of carbonyl (C=O) groups is 1. The van der Waals surface area contributed by atoms with Crippen molar-refractivity contribution in [2.75, 3.05) is 19.0 Å². The Kier molecular flexibility index (Phi) is 5.55. The molecule has 4 rings (SSSR count). The van der Waals surface area contributed by atoms with E-state index < -0.39 is 5.91 Å². The number of carbonyl (C=O) groups excluding carboxylic acids is 1. The largest absolute Gasteiger partial charge is 0.378 e. The molecule has 152 valence electrons. The third-order valence-corrected chi connectivity index (χ3v) is 6.12. The van der Waals surface area contributed by atoms with Gasteiger partial charge in [0.2, 0.25) is 5.17 Å². The molecule has 2 aliphatic heterocycles. The Morgan fingerprint density at radius 1 is 1.13 bits per heavy atom. The number of rotatable bonds is 5. The third-order valence-electron chi connectivity index (χ3n) is 5.10. The van der Waals surface area contributed by atoms with E-state index in [-0.39, 0.29) is 17.3 Å². The zero-order valence-electron chi connectivity index (χ0n) is 17.2. The molecule has 7 heteroatoms. The lowest BCUT2D eigenvalue weighted by Gasteiger charge is -2.20. The van der Waals surface area contributed by atoms with Gasteiger partial charge >= 0.3 is 0 Å². The topological polar surface area (TPSA) is 72.1 Å². The predicted molar refractivity (Wildman–Crippen MR) is 125 cm³/mol. The summed E-state index contributed by atoms with van der Waals surface area (Å²) < 4.78 is 0. The molecule has 0 spiro atoms. The third kappa shape index (κ3) is 3.80. The fraction of sp³-hybridized carbons (Fsp3) is 0.217. The molecule has 0 aliphatic carbocycles. The Bertz CT molecular complexity index is 1070. The van der Waals surface area contributed by atoms with Crippen LogP contribution in [0.25, 0.3) is 6.08 Å². The van der Waals surface area contributed by atoms with Gasteiger partial charge in [-0.15, -0.1) is 0 Å². The normalized spacial score (nSPS) is 18.2. The lowest BCUT2D eigenvalue weighted by Crippen LogP contribution is -2.35. The number of thioether (sulfide) groups is 1. The molecule has 1 unspecified atom stereocenters. The molecule has 2 aromatic rings. The second-order valence-corrected chi connectivity index (χ2v) is 8.30. The van der Waals surface area contributed by atoms with Crippen LogP contribution in [-0.4, -0.2) is 41.1 Å². The number of hydrogen-bond acceptors (Lipinski definition) is 5. The number of nitrogens with zero attached hydrogens (tertiary/aromatic N) is 4. The summed E-state index contributed by atoms with van der Waals surface area (Å²) in [6.07, 6.45) is 2.58. The number of amidine groups is 2.